The second-order valence-corrected chi connectivity index (χ2v) is 17.5. The van der Waals surface area contributed by atoms with Crippen LogP contribution in [0.3, 0.4) is 0 Å². The first-order valence-electron chi connectivity index (χ1n) is 20.4. The number of hydrogen-bond donors (Lipinski definition) is 8. The summed E-state index contributed by atoms with van der Waals surface area (Å²) < 4.78 is 44.6. The Hall–Kier alpha value is -6.20. The Bertz CT molecular complexity index is 2120. The van der Waals surface area contributed by atoms with Gasteiger partial charge < -0.3 is 40.6 Å². The van der Waals surface area contributed by atoms with Crippen LogP contribution in [0.25, 0.3) is 0 Å². The average Bonchev–Trinajstić information content (AvgIpc) is 3.22. The Kier molecular flexibility index (Phi) is 20.5. The van der Waals surface area contributed by atoms with E-state index >= 15 is 0 Å². The number of rotatable bonds is 24. The zero-order valence-corrected chi connectivity index (χ0v) is 37.1. The van der Waals surface area contributed by atoms with Gasteiger partial charge in [-0.15, -0.1) is 0 Å². The fourth-order valence-corrected chi connectivity index (χ4v) is 7.02. The minimum absolute atomic E-state index is 0.00251. The summed E-state index contributed by atoms with van der Waals surface area (Å²) in [6.45, 7) is 8.66. The molecule has 22 heteroatoms. The number of anilines is 1. The maximum atomic E-state index is 13.9. The molecule has 3 aromatic carbocycles. The van der Waals surface area contributed by atoms with Crippen molar-refractivity contribution in [1.82, 2.24) is 26.0 Å². The molecule has 21 nitrogen and oxygen atoms in total. The van der Waals surface area contributed by atoms with Crippen molar-refractivity contribution < 1.29 is 56.6 Å². The van der Waals surface area contributed by atoms with Crippen molar-refractivity contribution in [3.63, 3.8) is 0 Å². The van der Waals surface area contributed by atoms with Gasteiger partial charge in [-0.1, -0.05) is 44.2 Å². The van der Waals surface area contributed by atoms with Gasteiger partial charge in [0.1, 0.15) is 36.1 Å². The van der Waals surface area contributed by atoms with Crippen molar-refractivity contribution in [3.8, 4) is 5.75 Å². The number of unbranched alkanes of at least 4 members (excludes halogenated alkanes) is 1. The van der Waals surface area contributed by atoms with Crippen molar-refractivity contribution in [2.45, 2.75) is 108 Å². The predicted octanol–water partition coefficient (Wildman–Crippen LogP) is 3.52. The molecule has 0 aliphatic carbocycles. The van der Waals surface area contributed by atoms with Gasteiger partial charge in [0.05, 0.1) is 9.82 Å². The topological polar surface area (TPSA) is 309 Å². The lowest BCUT2D eigenvalue weighted by molar-refractivity contribution is -0.384. The van der Waals surface area contributed by atoms with Crippen LogP contribution in [0.5, 0.6) is 5.75 Å². The SMILES string of the molecule is CC(C)[C@H](NC(=O)[C@H](CCCCNC(=O)OC(C)(C)C)NS(=O)(=O)c1ccccc1)C(=O)N[C@@H](CCCNC(N)O)C(=O)Nc1ccc(COC(=O)Oc2ccc([N+](=O)[O-])cc2)cc1. The molecular weight excluding hydrogens is 857 g/mol. The number of nitro groups is 1. The summed E-state index contributed by atoms with van der Waals surface area (Å²) >= 11 is 0. The first-order valence-corrected chi connectivity index (χ1v) is 21.9. The van der Waals surface area contributed by atoms with E-state index in [4.69, 9.17) is 19.9 Å². The third-order valence-corrected chi connectivity index (χ3v) is 10.5. The average molecular weight is 915 g/mol. The van der Waals surface area contributed by atoms with E-state index in [-0.39, 0.29) is 55.3 Å². The number of ether oxygens (including phenoxy) is 3. The summed E-state index contributed by atoms with van der Waals surface area (Å²) in [6.07, 6.45) is -1.99. The second-order valence-electron chi connectivity index (χ2n) is 15.8. The molecule has 0 radical (unpaired) electrons. The molecule has 1 unspecified atom stereocenters. The molecule has 0 bridgehead atoms. The first-order chi connectivity index (χ1) is 30.1. The maximum absolute atomic E-state index is 13.9. The van der Waals surface area contributed by atoms with Gasteiger partial charge in [0.2, 0.25) is 27.7 Å². The van der Waals surface area contributed by atoms with E-state index < -0.39 is 80.9 Å². The van der Waals surface area contributed by atoms with E-state index in [9.17, 15) is 47.6 Å². The van der Waals surface area contributed by atoms with Crippen LogP contribution >= 0.6 is 0 Å². The number of alkyl carbamates (subject to hydrolysis) is 1. The smallest absolute Gasteiger partial charge is 0.444 e. The van der Waals surface area contributed by atoms with E-state index in [1.807, 2.05) is 0 Å². The molecular formula is C42H58N8O13S. The summed E-state index contributed by atoms with van der Waals surface area (Å²) in [5.74, 6) is -2.64. The predicted molar refractivity (Wildman–Crippen MR) is 234 cm³/mol. The van der Waals surface area contributed by atoms with Crippen LogP contribution in [0.2, 0.25) is 0 Å². The maximum Gasteiger partial charge on any atom is 0.514 e. The fraction of sp³-hybridized carbons (Fsp3) is 0.452. The van der Waals surface area contributed by atoms with Gasteiger partial charge in [-0.05, 0) is 107 Å². The van der Waals surface area contributed by atoms with Crippen molar-refractivity contribution in [1.29, 1.82) is 0 Å². The number of hydrogen-bond acceptors (Lipinski definition) is 15. The summed E-state index contributed by atoms with van der Waals surface area (Å²) in [7, 11) is -4.19. The third-order valence-electron chi connectivity index (χ3n) is 8.99. The van der Waals surface area contributed by atoms with E-state index in [2.05, 4.69) is 31.3 Å². The Balaban J connectivity index is 1.69. The molecule has 9 N–H and O–H groups in total. The van der Waals surface area contributed by atoms with Gasteiger partial charge in [0.15, 0.2) is 6.35 Å². The summed E-state index contributed by atoms with van der Waals surface area (Å²) in [6, 6.07) is 14.8. The minimum Gasteiger partial charge on any atom is -0.444 e. The number of non-ortho nitro benzene ring substituents is 1. The molecule has 0 spiro atoms. The number of carbonyl (C=O) groups is 5. The van der Waals surface area contributed by atoms with Crippen LogP contribution in [0.15, 0.2) is 83.8 Å². The number of nitrogens with zero attached hydrogens (tertiary/aromatic N) is 1. The van der Waals surface area contributed by atoms with Crippen LogP contribution < -0.4 is 41.8 Å². The minimum atomic E-state index is -4.19. The number of benzene rings is 3. The van der Waals surface area contributed by atoms with Crippen LogP contribution in [0.1, 0.15) is 72.3 Å². The lowest BCUT2D eigenvalue weighted by Gasteiger charge is -2.27. The Morgan fingerprint density at radius 2 is 1.45 bits per heavy atom. The standard InChI is InChI=1S/C42H58N8O13S/c1-27(2)35(48-37(52)34(49-64(59,60)32-12-7-6-8-13-32)14-9-10-24-45-40(55)63-42(3,4)5)38(53)47-33(15-11-25-44-39(43)54)36(51)46-29-18-16-28(17-19-29)26-61-41(56)62-31-22-20-30(21-23-31)50(57)58/h6-8,12-13,16-23,27,33-35,39,44,49,54H,9-11,14-15,24-26,43H2,1-5H3,(H,45,55)(H,46,51)(H,47,53)(H,48,52)/t33-,34-,35-,39?/m0/s1. The Morgan fingerprint density at radius 3 is 2.05 bits per heavy atom. The van der Waals surface area contributed by atoms with E-state index in [1.165, 1.54) is 60.7 Å². The number of aliphatic hydroxyl groups excluding tert-OH is 1. The van der Waals surface area contributed by atoms with E-state index in [0.29, 0.717) is 24.1 Å². The number of amides is 4. The van der Waals surface area contributed by atoms with E-state index in [0.717, 1.165) is 0 Å². The highest BCUT2D eigenvalue weighted by Gasteiger charge is 2.33. The number of nitrogens with two attached hydrogens (primary N) is 1. The lowest BCUT2D eigenvalue weighted by atomic mass is 10.0. The zero-order valence-electron chi connectivity index (χ0n) is 36.3. The van der Waals surface area contributed by atoms with Crippen LogP contribution in [0, 0.1) is 16.0 Å². The van der Waals surface area contributed by atoms with Gasteiger partial charge in [0, 0.05) is 24.4 Å². The highest BCUT2D eigenvalue weighted by molar-refractivity contribution is 7.89. The molecule has 0 aliphatic rings. The molecule has 0 saturated heterocycles. The Morgan fingerprint density at radius 1 is 0.812 bits per heavy atom. The molecule has 350 valence electrons. The Labute approximate surface area is 371 Å². The first kappa shape index (κ1) is 52.1. The monoisotopic (exact) mass is 914 g/mol. The fourth-order valence-electron chi connectivity index (χ4n) is 5.77. The van der Waals surface area contributed by atoms with Gasteiger partial charge in [-0.3, -0.25) is 35.5 Å². The van der Waals surface area contributed by atoms with Gasteiger partial charge >= 0.3 is 12.2 Å². The number of aliphatic hydroxyl groups is 1. The molecule has 3 rings (SSSR count). The largest absolute Gasteiger partial charge is 0.514 e. The summed E-state index contributed by atoms with van der Waals surface area (Å²) in [4.78, 5) is 75.9. The van der Waals surface area contributed by atoms with Crippen LogP contribution in [-0.2, 0) is 40.5 Å². The molecule has 4 atom stereocenters. The number of nitrogens with one attached hydrogen (secondary N) is 6. The number of sulfonamides is 1. The molecule has 64 heavy (non-hydrogen) atoms. The van der Waals surface area contributed by atoms with Crippen molar-refractivity contribution in [2.24, 2.45) is 11.7 Å². The molecule has 3 aromatic rings. The van der Waals surface area contributed by atoms with Crippen molar-refractivity contribution >= 4 is 51.4 Å². The third kappa shape index (κ3) is 19.0. The van der Waals surface area contributed by atoms with E-state index in [1.54, 1.807) is 52.8 Å². The zero-order chi connectivity index (χ0) is 47.5. The normalized spacial score (nSPS) is 13.4. The van der Waals surface area contributed by atoms with Crippen LogP contribution in [-0.4, -0.2) is 91.6 Å². The van der Waals surface area contributed by atoms with Crippen molar-refractivity contribution in [2.75, 3.05) is 18.4 Å². The summed E-state index contributed by atoms with van der Waals surface area (Å²) in [5, 5.41) is 33.6. The van der Waals surface area contributed by atoms with Gasteiger partial charge in [-0.25, -0.2) is 18.0 Å². The molecule has 0 aromatic heterocycles. The molecule has 0 fully saturated rings. The summed E-state index contributed by atoms with van der Waals surface area (Å²) in [5.41, 5.74) is 5.34. The second kappa shape index (κ2) is 25.2. The van der Waals surface area contributed by atoms with Gasteiger partial charge in [0.25, 0.3) is 5.69 Å². The molecule has 4 amide bonds. The quantitative estimate of drug-likeness (QED) is 0.0159. The van der Waals surface area contributed by atoms with Gasteiger partial charge in [-0.2, -0.15) is 4.72 Å². The molecule has 0 saturated carbocycles. The number of carbonyl (C=O) groups excluding carboxylic acids is 5. The highest BCUT2D eigenvalue weighted by atomic mass is 32.2. The molecule has 0 heterocycles. The number of nitro benzene ring substituents is 1. The lowest BCUT2D eigenvalue weighted by Crippen LogP contribution is -2.57. The molecule has 0 aliphatic heterocycles. The highest BCUT2D eigenvalue weighted by Crippen LogP contribution is 2.19. The van der Waals surface area contributed by atoms with Crippen LogP contribution in [0.4, 0.5) is 21.0 Å². The van der Waals surface area contributed by atoms with Crippen molar-refractivity contribution in [3.05, 3.63) is 94.5 Å².